The van der Waals surface area contributed by atoms with Crippen LogP contribution in [0.5, 0.6) is 0 Å². The third kappa shape index (κ3) is 2.97. The second kappa shape index (κ2) is 5.91. The number of amides is 1. The van der Waals surface area contributed by atoms with E-state index in [9.17, 15) is 13.2 Å². The van der Waals surface area contributed by atoms with Gasteiger partial charge in [-0.25, -0.2) is 8.42 Å². The normalized spacial score (nSPS) is 22.0. The van der Waals surface area contributed by atoms with E-state index in [1.165, 1.54) is 4.31 Å². The molecule has 0 atom stereocenters. The van der Waals surface area contributed by atoms with E-state index in [2.05, 4.69) is 6.92 Å². The van der Waals surface area contributed by atoms with Crippen LogP contribution in [0.25, 0.3) is 0 Å². The molecule has 120 valence electrons. The Bertz CT molecular complexity index is 664. The Balaban J connectivity index is 1.81. The monoisotopic (exact) mass is 322 g/mol. The second-order valence-electron chi connectivity index (χ2n) is 6.27. The lowest BCUT2D eigenvalue weighted by Crippen LogP contribution is -2.38. The molecule has 0 saturated carbocycles. The zero-order chi connectivity index (χ0) is 15.7. The van der Waals surface area contributed by atoms with Gasteiger partial charge in [-0.15, -0.1) is 0 Å². The predicted molar refractivity (Wildman–Crippen MR) is 86.5 cm³/mol. The largest absolute Gasteiger partial charge is 0.339 e. The fourth-order valence-corrected chi connectivity index (χ4v) is 4.67. The molecule has 6 heteroatoms. The summed E-state index contributed by atoms with van der Waals surface area (Å²) in [7, 11) is -3.21. The van der Waals surface area contributed by atoms with E-state index in [0.29, 0.717) is 30.1 Å². The summed E-state index contributed by atoms with van der Waals surface area (Å²) in [6.07, 6.45) is 2.71. The predicted octanol–water partition coefficient (Wildman–Crippen LogP) is 2.10. The first-order chi connectivity index (χ1) is 10.5. The van der Waals surface area contributed by atoms with Crippen molar-refractivity contribution in [1.82, 2.24) is 4.90 Å². The van der Waals surface area contributed by atoms with Crippen molar-refractivity contribution in [2.75, 3.05) is 29.7 Å². The first-order valence-electron chi connectivity index (χ1n) is 7.87. The molecule has 2 fully saturated rings. The van der Waals surface area contributed by atoms with Crippen LogP contribution in [0.2, 0.25) is 0 Å². The smallest absolute Gasteiger partial charge is 0.253 e. The van der Waals surface area contributed by atoms with Gasteiger partial charge in [-0.2, -0.15) is 0 Å². The number of nitrogens with zero attached hydrogens (tertiary/aromatic N) is 2. The lowest BCUT2D eigenvalue weighted by molar-refractivity contribution is 0.0697. The van der Waals surface area contributed by atoms with Crippen LogP contribution in [0.15, 0.2) is 24.3 Å². The molecule has 2 aliphatic heterocycles. The number of likely N-dealkylation sites (tertiary alicyclic amines) is 1. The molecule has 2 aliphatic rings. The van der Waals surface area contributed by atoms with Crippen LogP contribution in [0.1, 0.15) is 36.5 Å². The standard InChI is InChI=1S/C16H22N2O3S/c1-13-6-9-17(10-7-13)16(19)14-4-2-5-15(12-14)18-8-3-11-22(18,20)21/h2,4-5,12-13H,3,6-11H2,1H3. The number of rotatable bonds is 2. The Labute approximate surface area is 132 Å². The number of piperidine rings is 1. The molecule has 0 bridgehead atoms. The molecular weight excluding hydrogens is 300 g/mol. The molecule has 0 unspecified atom stereocenters. The van der Waals surface area contributed by atoms with Crippen LogP contribution in [-0.2, 0) is 10.0 Å². The highest BCUT2D eigenvalue weighted by atomic mass is 32.2. The number of benzene rings is 1. The van der Waals surface area contributed by atoms with Crippen LogP contribution < -0.4 is 4.31 Å². The van der Waals surface area contributed by atoms with E-state index in [1.807, 2.05) is 4.90 Å². The van der Waals surface area contributed by atoms with Gasteiger partial charge in [0.25, 0.3) is 5.91 Å². The third-order valence-corrected chi connectivity index (χ3v) is 6.42. The second-order valence-corrected chi connectivity index (χ2v) is 8.28. The molecule has 0 spiro atoms. The fourth-order valence-electron chi connectivity index (χ4n) is 3.12. The first-order valence-corrected chi connectivity index (χ1v) is 9.48. The Kier molecular flexibility index (Phi) is 4.12. The van der Waals surface area contributed by atoms with Crippen LogP contribution in [0.4, 0.5) is 5.69 Å². The van der Waals surface area contributed by atoms with Crippen molar-refractivity contribution < 1.29 is 13.2 Å². The van der Waals surface area contributed by atoms with Crippen molar-refractivity contribution in [3.05, 3.63) is 29.8 Å². The molecule has 3 rings (SSSR count). The van der Waals surface area contributed by atoms with E-state index in [0.717, 1.165) is 25.9 Å². The molecule has 0 aliphatic carbocycles. The molecule has 0 N–H and O–H groups in total. The molecule has 1 aromatic rings. The maximum atomic E-state index is 12.6. The summed E-state index contributed by atoms with van der Waals surface area (Å²) in [5.74, 6) is 0.866. The van der Waals surface area contributed by atoms with Crippen LogP contribution >= 0.6 is 0 Å². The quantitative estimate of drug-likeness (QED) is 0.838. The Morgan fingerprint density at radius 2 is 1.91 bits per heavy atom. The average Bonchev–Trinajstić information content (AvgIpc) is 2.87. The van der Waals surface area contributed by atoms with Crippen molar-refractivity contribution in [2.45, 2.75) is 26.2 Å². The minimum Gasteiger partial charge on any atom is -0.339 e. The molecular formula is C16H22N2O3S. The number of carbonyl (C=O) groups is 1. The zero-order valence-electron chi connectivity index (χ0n) is 12.9. The lowest BCUT2D eigenvalue weighted by atomic mass is 9.98. The van der Waals surface area contributed by atoms with E-state index in [4.69, 9.17) is 0 Å². The molecule has 2 heterocycles. The van der Waals surface area contributed by atoms with Gasteiger partial charge < -0.3 is 4.90 Å². The topological polar surface area (TPSA) is 57.7 Å². The highest BCUT2D eigenvalue weighted by molar-refractivity contribution is 7.93. The van der Waals surface area contributed by atoms with E-state index < -0.39 is 10.0 Å². The van der Waals surface area contributed by atoms with Crippen molar-refractivity contribution in [3.63, 3.8) is 0 Å². The minimum absolute atomic E-state index is 0.00495. The molecule has 1 aromatic carbocycles. The highest BCUT2D eigenvalue weighted by Crippen LogP contribution is 2.26. The summed E-state index contributed by atoms with van der Waals surface area (Å²) in [5.41, 5.74) is 1.18. The number of hydrogen-bond acceptors (Lipinski definition) is 3. The van der Waals surface area contributed by atoms with Gasteiger partial charge in [0.05, 0.1) is 11.4 Å². The number of carbonyl (C=O) groups excluding carboxylic acids is 1. The minimum atomic E-state index is -3.21. The van der Waals surface area contributed by atoms with Crippen LogP contribution in [0, 0.1) is 5.92 Å². The van der Waals surface area contributed by atoms with Gasteiger partial charge in [-0.1, -0.05) is 13.0 Å². The Morgan fingerprint density at radius 1 is 1.18 bits per heavy atom. The van der Waals surface area contributed by atoms with E-state index in [1.54, 1.807) is 24.3 Å². The van der Waals surface area contributed by atoms with Gasteiger partial charge in [0.1, 0.15) is 0 Å². The third-order valence-electron chi connectivity index (χ3n) is 4.55. The molecule has 22 heavy (non-hydrogen) atoms. The number of hydrogen-bond donors (Lipinski definition) is 0. The SMILES string of the molecule is CC1CCN(C(=O)c2cccc(N3CCCS3(=O)=O)c2)CC1. The van der Waals surface area contributed by atoms with Gasteiger partial charge in [0.15, 0.2) is 0 Å². The summed E-state index contributed by atoms with van der Waals surface area (Å²) in [6, 6.07) is 7.01. The summed E-state index contributed by atoms with van der Waals surface area (Å²) in [6.45, 7) is 4.28. The fraction of sp³-hybridized carbons (Fsp3) is 0.562. The number of anilines is 1. The summed E-state index contributed by atoms with van der Waals surface area (Å²) in [5, 5.41) is 0. The maximum absolute atomic E-state index is 12.6. The van der Waals surface area contributed by atoms with Crippen LogP contribution in [-0.4, -0.2) is 44.6 Å². The maximum Gasteiger partial charge on any atom is 0.253 e. The molecule has 1 amide bonds. The van der Waals surface area contributed by atoms with Gasteiger partial charge in [-0.3, -0.25) is 9.10 Å². The number of sulfonamides is 1. The van der Waals surface area contributed by atoms with Crippen molar-refractivity contribution in [1.29, 1.82) is 0 Å². The zero-order valence-corrected chi connectivity index (χ0v) is 13.7. The molecule has 0 radical (unpaired) electrons. The first kappa shape index (κ1) is 15.3. The molecule has 5 nitrogen and oxygen atoms in total. The van der Waals surface area contributed by atoms with Crippen LogP contribution in [0.3, 0.4) is 0 Å². The summed E-state index contributed by atoms with van der Waals surface area (Å²) < 4.78 is 25.4. The van der Waals surface area contributed by atoms with Gasteiger partial charge in [-0.05, 0) is 43.4 Å². The van der Waals surface area contributed by atoms with Crippen molar-refractivity contribution in [2.24, 2.45) is 5.92 Å². The average molecular weight is 322 g/mol. The van der Waals surface area contributed by atoms with Crippen molar-refractivity contribution in [3.8, 4) is 0 Å². The van der Waals surface area contributed by atoms with Gasteiger partial charge >= 0.3 is 0 Å². The highest BCUT2D eigenvalue weighted by Gasteiger charge is 2.29. The van der Waals surface area contributed by atoms with E-state index in [-0.39, 0.29) is 11.7 Å². The molecule has 2 saturated heterocycles. The molecule has 0 aromatic heterocycles. The summed E-state index contributed by atoms with van der Waals surface area (Å²) >= 11 is 0. The van der Waals surface area contributed by atoms with Gasteiger partial charge in [0, 0.05) is 25.2 Å². The van der Waals surface area contributed by atoms with Crippen molar-refractivity contribution >= 4 is 21.6 Å². The van der Waals surface area contributed by atoms with E-state index >= 15 is 0 Å². The lowest BCUT2D eigenvalue weighted by Gasteiger charge is -2.30. The Hall–Kier alpha value is -1.56. The Morgan fingerprint density at radius 3 is 2.55 bits per heavy atom. The summed E-state index contributed by atoms with van der Waals surface area (Å²) in [4.78, 5) is 14.5. The van der Waals surface area contributed by atoms with Gasteiger partial charge in [0.2, 0.25) is 10.0 Å².